The van der Waals surface area contributed by atoms with Gasteiger partial charge in [-0.1, -0.05) is 0 Å². The molecule has 2 N–H and O–H groups in total. The average molecular weight is 505 g/mol. The lowest BCUT2D eigenvalue weighted by Crippen LogP contribution is -2.65. The van der Waals surface area contributed by atoms with Gasteiger partial charge in [0.25, 0.3) is 0 Å². The predicted molar refractivity (Wildman–Crippen MR) is 136 cm³/mol. The third-order valence-corrected chi connectivity index (χ3v) is 7.66. The number of carbonyl (C=O) groups is 1. The van der Waals surface area contributed by atoms with E-state index < -0.39 is 5.54 Å². The van der Waals surface area contributed by atoms with E-state index in [0.717, 1.165) is 55.6 Å². The van der Waals surface area contributed by atoms with Gasteiger partial charge >= 0.3 is 5.97 Å². The molecule has 0 aromatic carbocycles. The molecule has 3 aliphatic rings. The zero-order valence-electron chi connectivity index (χ0n) is 21.0. The third kappa shape index (κ3) is 5.55. The van der Waals surface area contributed by atoms with Gasteiger partial charge in [-0.05, 0) is 45.4 Å². The summed E-state index contributed by atoms with van der Waals surface area (Å²) in [6.45, 7) is 11.4. The van der Waals surface area contributed by atoms with Crippen LogP contribution in [0.5, 0.6) is 0 Å². The van der Waals surface area contributed by atoms with Gasteiger partial charge in [0.1, 0.15) is 16.5 Å². The van der Waals surface area contributed by atoms with Crippen molar-refractivity contribution >= 4 is 28.1 Å². The number of hydrogen-bond acceptors (Lipinski definition) is 9. The molecule has 2 saturated heterocycles. The van der Waals surface area contributed by atoms with Crippen LogP contribution in [0.4, 0.5) is 5.00 Å². The van der Waals surface area contributed by atoms with Crippen molar-refractivity contribution in [2.45, 2.75) is 45.3 Å². The highest BCUT2D eigenvalue weighted by Crippen LogP contribution is 2.41. The summed E-state index contributed by atoms with van der Waals surface area (Å²) in [6, 6.07) is 3.62. The lowest BCUT2D eigenvalue weighted by Gasteiger charge is -2.48. The first-order chi connectivity index (χ1) is 16.9. The van der Waals surface area contributed by atoms with Crippen LogP contribution >= 0.6 is 11.3 Å². The molecule has 0 spiro atoms. The number of fused-ring (bicyclic) bond motifs is 1. The predicted octanol–water partition coefficient (Wildman–Crippen LogP) is 3.34. The lowest BCUT2D eigenvalue weighted by molar-refractivity contribution is 0.0336. The number of esters is 1. The SMILES string of the molecule is CCOC(=O)c1ccc(N2C(=N)C3=CC(OC)=C(OCCCN4CCOCC4)CC3(C)NC2C)s1. The third-order valence-electron chi connectivity index (χ3n) is 6.59. The minimum Gasteiger partial charge on any atom is -0.494 e. The van der Waals surface area contributed by atoms with E-state index in [2.05, 4.69) is 17.1 Å². The first-order valence-electron chi connectivity index (χ1n) is 12.2. The maximum atomic E-state index is 12.1. The van der Waals surface area contributed by atoms with Crippen LogP contribution in [0.25, 0.3) is 0 Å². The van der Waals surface area contributed by atoms with Crippen molar-refractivity contribution in [1.29, 1.82) is 5.41 Å². The molecule has 0 saturated carbocycles. The number of thiophene rings is 1. The first-order valence-corrected chi connectivity index (χ1v) is 13.0. The fraction of sp³-hybridized carbons (Fsp3) is 0.600. The number of morpholine rings is 1. The molecular formula is C25H36N4O5S. The minimum absolute atomic E-state index is 0.148. The number of anilines is 1. The van der Waals surface area contributed by atoms with Crippen molar-refractivity contribution in [3.8, 4) is 0 Å². The van der Waals surface area contributed by atoms with Gasteiger partial charge in [0.2, 0.25) is 0 Å². The summed E-state index contributed by atoms with van der Waals surface area (Å²) >= 11 is 1.33. The molecule has 2 aliphatic heterocycles. The van der Waals surface area contributed by atoms with Crippen LogP contribution in [-0.4, -0.2) is 81.6 Å². The summed E-state index contributed by atoms with van der Waals surface area (Å²) in [5.74, 6) is 1.51. The normalized spacial score (nSPS) is 25.3. The van der Waals surface area contributed by atoms with Crippen LogP contribution in [0.15, 0.2) is 35.3 Å². The summed E-state index contributed by atoms with van der Waals surface area (Å²) in [5, 5.41) is 13.5. The van der Waals surface area contributed by atoms with E-state index in [1.165, 1.54) is 11.3 Å². The van der Waals surface area contributed by atoms with E-state index in [1.54, 1.807) is 20.1 Å². The Kier molecular flexibility index (Phi) is 8.16. The van der Waals surface area contributed by atoms with E-state index in [0.29, 0.717) is 36.1 Å². The van der Waals surface area contributed by atoms with Crippen molar-refractivity contribution in [3.63, 3.8) is 0 Å². The van der Waals surface area contributed by atoms with Crippen LogP contribution in [0, 0.1) is 5.41 Å². The number of carbonyl (C=O) groups excluding carboxylic acids is 1. The highest BCUT2D eigenvalue weighted by molar-refractivity contribution is 7.18. The van der Waals surface area contributed by atoms with Gasteiger partial charge in [0, 0.05) is 31.6 Å². The van der Waals surface area contributed by atoms with Crippen LogP contribution in [0.1, 0.15) is 43.3 Å². The molecule has 35 heavy (non-hydrogen) atoms. The van der Waals surface area contributed by atoms with Gasteiger partial charge in [0.05, 0.1) is 50.2 Å². The topological polar surface area (TPSA) is 96.4 Å². The van der Waals surface area contributed by atoms with Crippen molar-refractivity contribution < 1.29 is 23.7 Å². The van der Waals surface area contributed by atoms with Crippen molar-refractivity contribution in [2.24, 2.45) is 0 Å². The average Bonchev–Trinajstić information content (AvgIpc) is 3.32. The molecule has 1 aromatic rings. The quantitative estimate of drug-likeness (QED) is 0.391. The standard InChI is InChI=1S/C25H36N4O5S/c1-5-33-24(30)21-7-8-22(35-21)29-17(2)27-25(3)16-20(19(31-4)15-18(25)23(29)26)34-12-6-9-28-10-13-32-14-11-28/h7-8,15,17,26-27H,5-6,9-14,16H2,1-4H3. The molecule has 192 valence electrons. The summed E-state index contributed by atoms with van der Waals surface area (Å²) in [5.41, 5.74) is 0.370. The smallest absolute Gasteiger partial charge is 0.348 e. The molecule has 0 radical (unpaired) electrons. The summed E-state index contributed by atoms with van der Waals surface area (Å²) in [4.78, 5) is 17.0. The van der Waals surface area contributed by atoms with Gasteiger partial charge < -0.3 is 23.8 Å². The molecule has 2 fully saturated rings. The van der Waals surface area contributed by atoms with Gasteiger partial charge in [-0.3, -0.25) is 15.6 Å². The fourth-order valence-corrected chi connectivity index (χ4v) is 5.84. The lowest BCUT2D eigenvalue weighted by atomic mass is 9.80. The monoisotopic (exact) mass is 504 g/mol. The van der Waals surface area contributed by atoms with Crippen LogP contribution in [-0.2, 0) is 18.9 Å². The molecule has 0 bridgehead atoms. The van der Waals surface area contributed by atoms with Gasteiger partial charge in [0.15, 0.2) is 5.76 Å². The number of allylic oxidation sites excluding steroid dienone is 1. The van der Waals surface area contributed by atoms with E-state index >= 15 is 0 Å². The summed E-state index contributed by atoms with van der Waals surface area (Å²) in [7, 11) is 1.64. The van der Waals surface area contributed by atoms with Crippen LogP contribution in [0.2, 0.25) is 0 Å². The molecule has 3 heterocycles. The van der Waals surface area contributed by atoms with E-state index in [9.17, 15) is 4.79 Å². The Morgan fingerprint density at radius 2 is 2.11 bits per heavy atom. The fourth-order valence-electron chi connectivity index (χ4n) is 4.86. The number of rotatable bonds is 9. The Labute approximate surface area is 211 Å². The molecule has 1 aromatic heterocycles. The van der Waals surface area contributed by atoms with Crippen molar-refractivity contribution in [2.75, 3.05) is 58.1 Å². The first kappa shape index (κ1) is 25.7. The zero-order chi connectivity index (χ0) is 25.0. The van der Waals surface area contributed by atoms with E-state index in [4.69, 9.17) is 24.4 Å². The Morgan fingerprint density at radius 1 is 1.34 bits per heavy atom. The van der Waals surface area contributed by atoms with Gasteiger partial charge in [-0.15, -0.1) is 11.3 Å². The summed E-state index contributed by atoms with van der Waals surface area (Å²) < 4.78 is 22.4. The zero-order valence-corrected chi connectivity index (χ0v) is 21.8. The second kappa shape index (κ2) is 11.1. The molecule has 1 aliphatic carbocycles. The molecule has 9 nitrogen and oxygen atoms in total. The number of amidine groups is 1. The number of methoxy groups -OCH3 is 1. The molecule has 10 heteroatoms. The molecule has 0 amide bonds. The van der Waals surface area contributed by atoms with Gasteiger partial charge in [-0.25, -0.2) is 4.79 Å². The Bertz CT molecular complexity index is 1000. The molecule has 2 unspecified atom stereocenters. The largest absolute Gasteiger partial charge is 0.494 e. The van der Waals surface area contributed by atoms with Crippen molar-refractivity contribution in [3.05, 3.63) is 40.2 Å². The Hall–Kier alpha value is -2.40. The van der Waals surface area contributed by atoms with E-state index in [1.807, 2.05) is 24.0 Å². The number of nitrogens with zero attached hydrogens (tertiary/aromatic N) is 2. The van der Waals surface area contributed by atoms with Crippen LogP contribution in [0.3, 0.4) is 0 Å². The number of hydrogen-bond donors (Lipinski definition) is 2. The highest BCUT2D eigenvalue weighted by Gasteiger charge is 2.45. The molecule has 2 atom stereocenters. The van der Waals surface area contributed by atoms with Crippen molar-refractivity contribution in [1.82, 2.24) is 10.2 Å². The Balaban J connectivity index is 1.48. The number of ether oxygens (including phenoxy) is 4. The van der Waals surface area contributed by atoms with E-state index in [-0.39, 0.29) is 12.1 Å². The Morgan fingerprint density at radius 3 is 2.83 bits per heavy atom. The highest BCUT2D eigenvalue weighted by atomic mass is 32.1. The number of nitrogens with one attached hydrogen (secondary N) is 2. The molecule has 4 rings (SSSR count). The maximum absolute atomic E-state index is 12.1. The minimum atomic E-state index is -0.462. The second-order valence-corrected chi connectivity index (χ2v) is 10.2. The summed E-state index contributed by atoms with van der Waals surface area (Å²) in [6.07, 6.45) is 3.29. The van der Waals surface area contributed by atoms with Gasteiger partial charge in [-0.2, -0.15) is 0 Å². The molecular weight excluding hydrogens is 468 g/mol. The second-order valence-electron chi connectivity index (χ2n) is 9.11. The maximum Gasteiger partial charge on any atom is 0.348 e. The van der Waals surface area contributed by atoms with Crippen LogP contribution < -0.4 is 10.2 Å².